The van der Waals surface area contributed by atoms with Crippen molar-refractivity contribution in [1.82, 2.24) is 19.6 Å². The summed E-state index contributed by atoms with van der Waals surface area (Å²) in [6.45, 7) is 7.59. The third-order valence-electron chi connectivity index (χ3n) is 5.26. The summed E-state index contributed by atoms with van der Waals surface area (Å²) in [5.74, 6) is 1.82. The molecule has 2 aromatic heterocycles. The molecule has 1 saturated heterocycles. The van der Waals surface area contributed by atoms with Gasteiger partial charge in [-0.3, -0.25) is 0 Å². The fraction of sp³-hybridized carbons (Fsp3) is 0.450. The summed E-state index contributed by atoms with van der Waals surface area (Å²) in [7, 11) is 0. The van der Waals surface area contributed by atoms with Crippen LogP contribution in [0.4, 0.5) is 5.82 Å². The highest BCUT2D eigenvalue weighted by Gasteiger charge is 2.29. The molecule has 0 aliphatic carbocycles. The molecule has 25 heavy (non-hydrogen) atoms. The van der Waals surface area contributed by atoms with Crippen molar-refractivity contribution in [2.45, 2.75) is 52.5 Å². The van der Waals surface area contributed by atoms with Crippen LogP contribution < -0.4 is 4.90 Å². The van der Waals surface area contributed by atoms with E-state index < -0.39 is 0 Å². The molecule has 1 atom stereocenters. The van der Waals surface area contributed by atoms with Crippen LogP contribution in [0, 0.1) is 13.8 Å². The quantitative estimate of drug-likeness (QED) is 0.722. The molecule has 0 radical (unpaired) electrons. The molecule has 1 aliphatic rings. The minimum Gasteiger partial charge on any atom is -0.349 e. The fourth-order valence-electron chi connectivity index (χ4n) is 3.79. The first-order valence-corrected chi connectivity index (χ1v) is 9.21. The summed E-state index contributed by atoms with van der Waals surface area (Å²) in [6, 6.07) is 9.44. The summed E-state index contributed by atoms with van der Waals surface area (Å²) in [4.78, 5) is 11.5. The number of rotatable bonds is 4. The van der Waals surface area contributed by atoms with Crippen molar-refractivity contribution >= 4 is 11.6 Å². The zero-order chi connectivity index (χ0) is 17.4. The maximum absolute atomic E-state index is 4.64. The zero-order valence-corrected chi connectivity index (χ0v) is 15.2. The molecule has 0 spiro atoms. The minimum atomic E-state index is 0.392. The van der Waals surface area contributed by atoms with Gasteiger partial charge in [0.1, 0.15) is 12.1 Å². The highest BCUT2D eigenvalue weighted by Crippen LogP contribution is 2.36. The third kappa shape index (κ3) is 2.88. The molecule has 5 nitrogen and oxygen atoms in total. The Morgan fingerprint density at radius 1 is 1.16 bits per heavy atom. The van der Waals surface area contributed by atoms with Crippen molar-refractivity contribution < 1.29 is 0 Å². The molecule has 1 unspecified atom stereocenters. The van der Waals surface area contributed by atoms with Crippen LogP contribution >= 0.6 is 0 Å². The summed E-state index contributed by atoms with van der Waals surface area (Å²) >= 11 is 0. The SMILES string of the molecule is CCCc1cc(N2CCCC2c2ccc(C)c(C)c2)n2ncnc2n1. The highest BCUT2D eigenvalue weighted by molar-refractivity contribution is 5.51. The lowest BCUT2D eigenvalue weighted by Crippen LogP contribution is -2.25. The van der Waals surface area contributed by atoms with E-state index in [-0.39, 0.29) is 0 Å². The van der Waals surface area contributed by atoms with Crippen LogP contribution in [0.5, 0.6) is 0 Å². The van der Waals surface area contributed by atoms with E-state index in [0.717, 1.165) is 30.9 Å². The van der Waals surface area contributed by atoms with Crippen LogP contribution in [0.2, 0.25) is 0 Å². The van der Waals surface area contributed by atoms with Gasteiger partial charge in [0, 0.05) is 18.3 Å². The summed E-state index contributed by atoms with van der Waals surface area (Å²) in [5.41, 5.74) is 5.20. The van der Waals surface area contributed by atoms with Crippen LogP contribution in [0.25, 0.3) is 5.78 Å². The second kappa shape index (κ2) is 6.47. The standard InChI is InChI=1S/C20H25N5/c1-4-6-17-12-19(25-20(23-17)21-13-22-25)24-10-5-7-18(24)16-9-8-14(2)15(3)11-16/h8-9,11-13,18H,4-7,10H2,1-3H3. The van der Waals surface area contributed by atoms with Gasteiger partial charge >= 0.3 is 0 Å². The number of hydrogen-bond donors (Lipinski definition) is 0. The van der Waals surface area contributed by atoms with E-state index in [4.69, 9.17) is 0 Å². The topological polar surface area (TPSA) is 46.3 Å². The number of benzene rings is 1. The van der Waals surface area contributed by atoms with E-state index in [1.807, 2.05) is 4.52 Å². The fourth-order valence-corrected chi connectivity index (χ4v) is 3.79. The van der Waals surface area contributed by atoms with Crippen molar-refractivity contribution in [1.29, 1.82) is 0 Å². The Hall–Kier alpha value is -2.43. The lowest BCUT2D eigenvalue weighted by atomic mass is 9.99. The first-order chi connectivity index (χ1) is 12.2. The van der Waals surface area contributed by atoms with Gasteiger partial charge < -0.3 is 4.90 Å². The Morgan fingerprint density at radius 2 is 2.04 bits per heavy atom. The van der Waals surface area contributed by atoms with Gasteiger partial charge in [-0.1, -0.05) is 31.5 Å². The number of anilines is 1. The Morgan fingerprint density at radius 3 is 2.84 bits per heavy atom. The molecule has 1 fully saturated rings. The van der Waals surface area contributed by atoms with Crippen molar-refractivity contribution in [2.24, 2.45) is 0 Å². The molecule has 0 bridgehead atoms. The molecular weight excluding hydrogens is 310 g/mol. The molecule has 1 aliphatic heterocycles. The molecule has 0 saturated carbocycles. The van der Waals surface area contributed by atoms with E-state index in [2.05, 4.69) is 65.0 Å². The lowest BCUT2D eigenvalue weighted by Gasteiger charge is -2.28. The van der Waals surface area contributed by atoms with Crippen molar-refractivity contribution in [3.8, 4) is 0 Å². The summed E-state index contributed by atoms with van der Waals surface area (Å²) in [5, 5.41) is 4.43. The number of fused-ring (bicyclic) bond motifs is 1. The Labute approximate surface area is 148 Å². The summed E-state index contributed by atoms with van der Waals surface area (Å²) < 4.78 is 1.89. The van der Waals surface area contributed by atoms with Gasteiger partial charge in [0.05, 0.1) is 6.04 Å². The van der Waals surface area contributed by atoms with Crippen LogP contribution in [0.1, 0.15) is 54.6 Å². The van der Waals surface area contributed by atoms with Gasteiger partial charge in [-0.25, -0.2) is 4.98 Å². The normalized spacial score (nSPS) is 17.6. The predicted octanol–water partition coefficient (Wildman–Crippen LogP) is 4.04. The molecular formula is C20H25N5. The Bertz CT molecular complexity index is 898. The zero-order valence-electron chi connectivity index (χ0n) is 15.2. The first-order valence-electron chi connectivity index (χ1n) is 9.21. The summed E-state index contributed by atoms with van der Waals surface area (Å²) in [6.07, 6.45) is 6.02. The van der Waals surface area contributed by atoms with Gasteiger partial charge in [0.15, 0.2) is 0 Å². The molecule has 5 heteroatoms. The third-order valence-corrected chi connectivity index (χ3v) is 5.26. The predicted molar refractivity (Wildman–Crippen MR) is 100 cm³/mol. The highest BCUT2D eigenvalue weighted by atomic mass is 15.4. The van der Waals surface area contributed by atoms with E-state index in [0.29, 0.717) is 11.8 Å². The van der Waals surface area contributed by atoms with Crippen LogP contribution in [0.3, 0.4) is 0 Å². The molecule has 3 aromatic rings. The first kappa shape index (κ1) is 16.1. The van der Waals surface area contributed by atoms with E-state index in [1.165, 1.54) is 29.5 Å². The van der Waals surface area contributed by atoms with Crippen molar-refractivity contribution in [3.05, 3.63) is 53.0 Å². The van der Waals surface area contributed by atoms with Gasteiger partial charge in [0.2, 0.25) is 0 Å². The minimum absolute atomic E-state index is 0.392. The average Bonchev–Trinajstić information content (AvgIpc) is 3.26. The van der Waals surface area contributed by atoms with Crippen LogP contribution in [-0.2, 0) is 6.42 Å². The molecule has 1 aromatic carbocycles. The van der Waals surface area contributed by atoms with E-state index in [1.54, 1.807) is 6.33 Å². The maximum Gasteiger partial charge on any atom is 0.254 e. The average molecular weight is 335 g/mol. The van der Waals surface area contributed by atoms with Crippen molar-refractivity contribution in [2.75, 3.05) is 11.4 Å². The Balaban J connectivity index is 1.78. The molecule has 0 amide bonds. The largest absolute Gasteiger partial charge is 0.349 e. The number of aromatic nitrogens is 4. The van der Waals surface area contributed by atoms with Crippen molar-refractivity contribution in [3.63, 3.8) is 0 Å². The molecule has 130 valence electrons. The van der Waals surface area contributed by atoms with Crippen LogP contribution in [-0.4, -0.2) is 26.1 Å². The van der Waals surface area contributed by atoms with Gasteiger partial charge in [0.25, 0.3) is 5.78 Å². The van der Waals surface area contributed by atoms with E-state index >= 15 is 0 Å². The molecule has 3 heterocycles. The number of hydrogen-bond acceptors (Lipinski definition) is 4. The molecule has 0 N–H and O–H groups in total. The maximum atomic E-state index is 4.64. The Kier molecular flexibility index (Phi) is 4.15. The number of nitrogens with zero attached hydrogens (tertiary/aromatic N) is 5. The lowest BCUT2D eigenvalue weighted by molar-refractivity contribution is 0.694. The number of aryl methyl sites for hydroxylation is 3. The van der Waals surface area contributed by atoms with E-state index in [9.17, 15) is 0 Å². The van der Waals surface area contributed by atoms with Gasteiger partial charge in [-0.2, -0.15) is 14.6 Å². The van der Waals surface area contributed by atoms with Gasteiger partial charge in [-0.05, 0) is 49.8 Å². The molecule has 4 rings (SSSR count). The monoisotopic (exact) mass is 335 g/mol. The van der Waals surface area contributed by atoms with Crippen LogP contribution in [0.15, 0.2) is 30.6 Å². The van der Waals surface area contributed by atoms with Gasteiger partial charge in [-0.15, -0.1) is 0 Å². The second-order valence-corrected chi connectivity index (χ2v) is 7.02. The smallest absolute Gasteiger partial charge is 0.254 e. The second-order valence-electron chi connectivity index (χ2n) is 7.02.